The Hall–Kier alpha value is -1.82. The van der Waals surface area contributed by atoms with Crippen molar-refractivity contribution >= 4 is 27.6 Å². The Bertz CT molecular complexity index is 661. The van der Waals surface area contributed by atoms with E-state index in [1.165, 1.54) is 0 Å². The molecule has 6 heteroatoms. The lowest BCUT2D eigenvalue weighted by atomic mass is 10.2. The van der Waals surface area contributed by atoms with Gasteiger partial charge in [0.2, 0.25) is 0 Å². The summed E-state index contributed by atoms with van der Waals surface area (Å²) >= 11 is 1.56. The number of nitrogens with zero attached hydrogens (tertiary/aromatic N) is 1. The van der Waals surface area contributed by atoms with Crippen LogP contribution in [0.15, 0.2) is 18.2 Å². The van der Waals surface area contributed by atoms with Gasteiger partial charge in [-0.2, -0.15) is 0 Å². The first-order chi connectivity index (χ1) is 10.3. The standard InChI is InChI=1S/C16H22N2O3S/c1-6-11(18-15(19)21-16(2,3)4)14-17-12-8-7-10(20-5)9-13(12)22-14/h7-9,11H,6H2,1-5H3,(H,18,19). The number of hydrogen-bond acceptors (Lipinski definition) is 5. The molecule has 0 radical (unpaired) electrons. The number of methoxy groups -OCH3 is 1. The van der Waals surface area contributed by atoms with E-state index >= 15 is 0 Å². The van der Waals surface area contributed by atoms with Crippen LogP contribution in [0.3, 0.4) is 0 Å². The number of carbonyl (C=O) groups excluding carboxylic acids is 1. The van der Waals surface area contributed by atoms with Gasteiger partial charge in [0.15, 0.2) is 0 Å². The van der Waals surface area contributed by atoms with E-state index in [0.29, 0.717) is 0 Å². The summed E-state index contributed by atoms with van der Waals surface area (Å²) in [7, 11) is 1.64. The smallest absolute Gasteiger partial charge is 0.408 e. The van der Waals surface area contributed by atoms with Crippen LogP contribution in [-0.2, 0) is 4.74 Å². The number of benzene rings is 1. The van der Waals surface area contributed by atoms with Gasteiger partial charge in [-0.25, -0.2) is 9.78 Å². The number of hydrogen-bond donors (Lipinski definition) is 1. The van der Waals surface area contributed by atoms with Crippen LogP contribution in [-0.4, -0.2) is 23.8 Å². The molecule has 1 heterocycles. The Labute approximate surface area is 134 Å². The number of rotatable bonds is 4. The van der Waals surface area contributed by atoms with Gasteiger partial charge < -0.3 is 14.8 Å². The largest absolute Gasteiger partial charge is 0.497 e. The molecule has 1 atom stereocenters. The van der Waals surface area contributed by atoms with Crippen LogP contribution >= 0.6 is 11.3 Å². The van der Waals surface area contributed by atoms with Gasteiger partial charge >= 0.3 is 6.09 Å². The predicted octanol–water partition coefficient (Wildman–Crippen LogP) is 4.28. The monoisotopic (exact) mass is 322 g/mol. The Morgan fingerprint density at radius 1 is 1.41 bits per heavy atom. The summed E-state index contributed by atoms with van der Waals surface area (Å²) in [4.78, 5) is 16.5. The Morgan fingerprint density at radius 3 is 2.73 bits per heavy atom. The van der Waals surface area contributed by atoms with Gasteiger partial charge in [0, 0.05) is 0 Å². The third-order valence-corrected chi connectivity index (χ3v) is 4.14. The van der Waals surface area contributed by atoms with Gasteiger partial charge in [0.25, 0.3) is 0 Å². The first kappa shape index (κ1) is 16.5. The minimum atomic E-state index is -0.511. The topological polar surface area (TPSA) is 60.5 Å². The van der Waals surface area contributed by atoms with E-state index in [1.807, 2.05) is 45.9 Å². The van der Waals surface area contributed by atoms with E-state index in [9.17, 15) is 4.79 Å². The van der Waals surface area contributed by atoms with Crippen molar-refractivity contribution in [3.05, 3.63) is 23.2 Å². The van der Waals surface area contributed by atoms with Crippen LogP contribution in [0, 0.1) is 0 Å². The molecule has 0 aliphatic carbocycles. The van der Waals surface area contributed by atoms with E-state index < -0.39 is 11.7 Å². The van der Waals surface area contributed by atoms with Gasteiger partial charge in [-0.15, -0.1) is 11.3 Å². The molecule has 2 rings (SSSR count). The lowest BCUT2D eigenvalue weighted by molar-refractivity contribution is 0.0502. The zero-order valence-electron chi connectivity index (χ0n) is 13.6. The third kappa shape index (κ3) is 4.10. The summed E-state index contributed by atoms with van der Waals surface area (Å²) < 4.78 is 11.6. The average molecular weight is 322 g/mol. The molecule has 0 aliphatic heterocycles. The van der Waals surface area contributed by atoms with E-state index in [-0.39, 0.29) is 6.04 Å². The molecule has 1 aromatic carbocycles. The summed E-state index contributed by atoms with van der Waals surface area (Å²) in [6.07, 6.45) is 0.326. The van der Waals surface area contributed by atoms with Crippen molar-refractivity contribution in [2.45, 2.75) is 45.8 Å². The lowest BCUT2D eigenvalue weighted by Crippen LogP contribution is -2.34. The molecule has 1 amide bonds. The van der Waals surface area contributed by atoms with Gasteiger partial charge in [-0.3, -0.25) is 0 Å². The minimum Gasteiger partial charge on any atom is -0.497 e. The second-order valence-corrected chi connectivity index (χ2v) is 7.06. The van der Waals surface area contributed by atoms with Gasteiger partial charge in [-0.05, 0) is 45.4 Å². The van der Waals surface area contributed by atoms with Crippen LogP contribution in [0.4, 0.5) is 4.79 Å². The van der Waals surface area contributed by atoms with Crippen LogP contribution in [0.2, 0.25) is 0 Å². The summed E-state index contributed by atoms with van der Waals surface area (Å²) in [5.41, 5.74) is 0.397. The fraction of sp³-hybridized carbons (Fsp3) is 0.500. The highest BCUT2D eigenvalue weighted by molar-refractivity contribution is 7.18. The Kier molecular flexibility index (Phi) is 4.90. The van der Waals surface area contributed by atoms with Crippen molar-refractivity contribution in [2.75, 3.05) is 7.11 Å². The first-order valence-electron chi connectivity index (χ1n) is 7.26. The maximum Gasteiger partial charge on any atom is 0.408 e. The molecule has 1 N–H and O–H groups in total. The summed E-state index contributed by atoms with van der Waals surface area (Å²) in [5, 5.41) is 3.76. The number of nitrogens with one attached hydrogen (secondary N) is 1. The normalized spacial score (nSPS) is 13.0. The van der Waals surface area contributed by atoms with Crippen LogP contribution in [0.5, 0.6) is 5.75 Å². The second kappa shape index (κ2) is 6.52. The van der Waals surface area contributed by atoms with Crippen molar-refractivity contribution in [3.63, 3.8) is 0 Å². The highest BCUT2D eigenvalue weighted by Gasteiger charge is 2.21. The van der Waals surface area contributed by atoms with Crippen LogP contribution < -0.4 is 10.1 Å². The SMILES string of the molecule is CCC(NC(=O)OC(C)(C)C)c1nc2ccc(OC)cc2s1. The van der Waals surface area contributed by atoms with Crippen molar-refractivity contribution < 1.29 is 14.3 Å². The van der Waals surface area contributed by atoms with E-state index in [1.54, 1.807) is 18.4 Å². The molecule has 0 saturated heterocycles. The highest BCUT2D eigenvalue weighted by Crippen LogP contribution is 2.30. The van der Waals surface area contributed by atoms with E-state index in [4.69, 9.17) is 9.47 Å². The maximum absolute atomic E-state index is 11.9. The molecule has 0 fully saturated rings. The zero-order valence-corrected chi connectivity index (χ0v) is 14.4. The Morgan fingerprint density at radius 2 is 2.14 bits per heavy atom. The van der Waals surface area contributed by atoms with E-state index in [2.05, 4.69) is 10.3 Å². The lowest BCUT2D eigenvalue weighted by Gasteiger charge is -2.22. The zero-order chi connectivity index (χ0) is 16.3. The molecule has 1 unspecified atom stereocenters. The van der Waals surface area contributed by atoms with Gasteiger partial charge in [-0.1, -0.05) is 6.92 Å². The number of thiazole rings is 1. The molecular formula is C16H22N2O3S. The molecule has 22 heavy (non-hydrogen) atoms. The maximum atomic E-state index is 11.9. The van der Waals surface area contributed by atoms with Gasteiger partial charge in [0.05, 0.1) is 23.4 Å². The number of amides is 1. The molecule has 2 aromatic rings. The fourth-order valence-corrected chi connectivity index (χ4v) is 3.12. The van der Waals surface area contributed by atoms with Crippen LogP contribution in [0.1, 0.15) is 45.2 Å². The average Bonchev–Trinajstić information content (AvgIpc) is 2.85. The Balaban J connectivity index is 2.18. The number of ether oxygens (including phenoxy) is 2. The molecule has 5 nitrogen and oxygen atoms in total. The molecule has 120 valence electrons. The van der Waals surface area contributed by atoms with Crippen molar-refractivity contribution in [1.82, 2.24) is 10.3 Å². The van der Waals surface area contributed by atoms with Crippen LogP contribution in [0.25, 0.3) is 10.2 Å². The summed E-state index contributed by atoms with van der Waals surface area (Å²) in [6, 6.07) is 5.61. The fourth-order valence-electron chi connectivity index (χ4n) is 1.99. The van der Waals surface area contributed by atoms with Gasteiger partial charge in [0.1, 0.15) is 16.4 Å². The second-order valence-electron chi connectivity index (χ2n) is 5.99. The number of carbonyl (C=O) groups is 1. The minimum absolute atomic E-state index is 0.154. The quantitative estimate of drug-likeness (QED) is 0.912. The number of fused-ring (bicyclic) bond motifs is 1. The number of aromatic nitrogens is 1. The molecule has 0 bridgehead atoms. The molecule has 0 saturated carbocycles. The third-order valence-electron chi connectivity index (χ3n) is 3.01. The number of alkyl carbamates (subject to hydrolysis) is 1. The predicted molar refractivity (Wildman–Crippen MR) is 88.6 cm³/mol. The highest BCUT2D eigenvalue weighted by atomic mass is 32.1. The van der Waals surface area contributed by atoms with Crippen molar-refractivity contribution in [2.24, 2.45) is 0 Å². The molecular weight excluding hydrogens is 300 g/mol. The summed E-state index contributed by atoms with van der Waals surface area (Å²) in [6.45, 7) is 7.54. The molecule has 1 aromatic heterocycles. The molecule has 0 aliphatic rings. The first-order valence-corrected chi connectivity index (χ1v) is 8.08. The molecule has 0 spiro atoms. The van der Waals surface area contributed by atoms with E-state index in [0.717, 1.165) is 27.4 Å². The summed E-state index contributed by atoms with van der Waals surface area (Å²) in [5.74, 6) is 0.802. The van der Waals surface area contributed by atoms with Crippen molar-refractivity contribution in [1.29, 1.82) is 0 Å². The van der Waals surface area contributed by atoms with Crippen molar-refractivity contribution in [3.8, 4) is 5.75 Å².